The Morgan fingerprint density at radius 1 is 0.917 bits per heavy atom. The van der Waals surface area contributed by atoms with Crippen LogP contribution in [0.4, 0.5) is 11.4 Å². The molecule has 0 saturated carbocycles. The number of sulfonamides is 1. The molecule has 2 N–H and O–H groups in total. The molecule has 0 bridgehead atoms. The second-order valence-corrected chi connectivity index (χ2v) is 9.44. The number of hydrogen-bond acceptors (Lipinski definition) is 7. The predicted molar refractivity (Wildman–Crippen MR) is 138 cm³/mol. The highest BCUT2D eigenvalue weighted by atomic mass is 32.2. The van der Waals surface area contributed by atoms with Gasteiger partial charge < -0.3 is 14.8 Å². The zero-order valence-corrected chi connectivity index (χ0v) is 20.6. The van der Waals surface area contributed by atoms with E-state index in [4.69, 9.17) is 9.47 Å². The van der Waals surface area contributed by atoms with E-state index >= 15 is 0 Å². The molecule has 10 nitrogen and oxygen atoms in total. The van der Waals surface area contributed by atoms with Gasteiger partial charge in [-0.05, 0) is 66.2 Å². The van der Waals surface area contributed by atoms with Crippen molar-refractivity contribution < 1.29 is 27.5 Å². The number of carbonyl (C=O) groups excluding carboxylic acids is 2. The van der Waals surface area contributed by atoms with Crippen molar-refractivity contribution in [2.75, 3.05) is 36.1 Å². The number of hydrogen-bond donors (Lipinski definition) is 2. The minimum Gasteiger partial charge on any atom is -0.497 e. The van der Waals surface area contributed by atoms with E-state index in [0.29, 0.717) is 28.4 Å². The Morgan fingerprint density at radius 3 is 2.17 bits per heavy atom. The van der Waals surface area contributed by atoms with Crippen molar-refractivity contribution in [3.8, 4) is 11.5 Å². The van der Waals surface area contributed by atoms with E-state index in [9.17, 15) is 18.0 Å². The zero-order chi connectivity index (χ0) is 26.0. The van der Waals surface area contributed by atoms with Crippen LogP contribution in [0.5, 0.6) is 11.5 Å². The van der Waals surface area contributed by atoms with Crippen LogP contribution >= 0.6 is 0 Å². The summed E-state index contributed by atoms with van der Waals surface area (Å²) < 4.78 is 35.7. The summed E-state index contributed by atoms with van der Waals surface area (Å²) in [6, 6.07) is 22.0. The maximum absolute atomic E-state index is 12.2. The predicted octanol–water partition coefficient (Wildman–Crippen LogP) is 2.63. The quantitative estimate of drug-likeness (QED) is 0.302. The SMILES string of the molecule is COc1ccc(NC(=O)COc2ccc(/C=N\NC(=O)CN(c3ccccc3)S(C)(=O)=O)cc2)cc1. The van der Waals surface area contributed by atoms with Crippen molar-refractivity contribution in [2.24, 2.45) is 5.10 Å². The molecule has 0 radical (unpaired) electrons. The molecule has 0 saturated heterocycles. The van der Waals surface area contributed by atoms with Gasteiger partial charge in [-0.15, -0.1) is 0 Å². The summed E-state index contributed by atoms with van der Waals surface area (Å²) >= 11 is 0. The van der Waals surface area contributed by atoms with Crippen molar-refractivity contribution in [3.63, 3.8) is 0 Å². The summed E-state index contributed by atoms with van der Waals surface area (Å²) in [5, 5.41) is 6.60. The second kappa shape index (κ2) is 12.4. The third kappa shape index (κ3) is 8.13. The van der Waals surface area contributed by atoms with E-state index in [2.05, 4.69) is 15.8 Å². The summed E-state index contributed by atoms with van der Waals surface area (Å²) in [5.41, 5.74) is 3.99. The van der Waals surface area contributed by atoms with Gasteiger partial charge >= 0.3 is 0 Å². The minimum atomic E-state index is -3.65. The van der Waals surface area contributed by atoms with Gasteiger partial charge in [-0.2, -0.15) is 5.10 Å². The van der Waals surface area contributed by atoms with Crippen molar-refractivity contribution in [2.45, 2.75) is 0 Å². The largest absolute Gasteiger partial charge is 0.497 e. The molecule has 0 unspecified atom stereocenters. The lowest BCUT2D eigenvalue weighted by molar-refractivity contribution is -0.119. The standard InChI is InChI=1S/C25H26N4O6S/c1-34-22-14-10-20(11-15-22)27-25(31)18-35-23-12-8-19(9-13-23)16-26-28-24(30)17-29(36(2,32)33)21-6-4-3-5-7-21/h3-16H,17-18H2,1-2H3,(H,27,31)(H,28,30)/b26-16-. The summed E-state index contributed by atoms with van der Waals surface area (Å²) in [6.07, 6.45) is 2.44. The van der Waals surface area contributed by atoms with Gasteiger partial charge in [0.15, 0.2) is 6.61 Å². The number of para-hydroxylation sites is 1. The first-order valence-electron chi connectivity index (χ1n) is 10.8. The first-order valence-corrected chi connectivity index (χ1v) is 12.6. The fourth-order valence-electron chi connectivity index (χ4n) is 3.01. The van der Waals surface area contributed by atoms with Crippen LogP contribution in [0.15, 0.2) is 84.0 Å². The van der Waals surface area contributed by atoms with Crippen LogP contribution in [-0.4, -0.2) is 53.0 Å². The lowest BCUT2D eigenvalue weighted by atomic mass is 10.2. The van der Waals surface area contributed by atoms with E-state index in [-0.39, 0.29) is 12.5 Å². The molecule has 0 aliphatic carbocycles. The van der Waals surface area contributed by atoms with Gasteiger partial charge in [-0.1, -0.05) is 18.2 Å². The number of carbonyl (C=O) groups is 2. The van der Waals surface area contributed by atoms with Crippen LogP contribution in [0.1, 0.15) is 5.56 Å². The Morgan fingerprint density at radius 2 is 1.56 bits per heavy atom. The molecule has 0 atom stereocenters. The summed E-state index contributed by atoms with van der Waals surface area (Å²) in [4.78, 5) is 24.3. The van der Waals surface area contributed by atoms with Crippen molar-refractivity contribution in [1.29, 1.82) is 0 Å². The Labute approximate surface area is 209 Å². The molecule has 0 fully saturated rings. The number of nitrogens with one attached hydrogen (secondary N) is 2. The fourth-order valence-corrected chi connectivity index (χ4v) is 3.87. The number of anilines is 2. The van der Waals surface area contributed by atoms with Crippen molar-refractivity contribution in [3.05, 3.63) is 84.4 Å². The first-order chi connectivity index (χ1) is 17.2. The van der Waals surface area contributed by atoms with E-state index < -0.39 is 22.5 Å². The topological polar surface area (TPSA) is 126 Å². The second-order valence-electron chi connectivity index (χ2n) is 7.53. The lowest BCUT2D eigenvalue weighted by Crippen LogP contribution is -2.38. The smallest absolute Gasteiger partial charge is 0.262 e. The van der Waals surface area contributed by atoms with Crippen LogP contribution in [0, 0.1) is 0 Å². The molecule has 188 valence electrons. The molecular formula is C25H26N4O6S. The molecule has 11 heteroatoms. The Balaban J connectivity index is 1.47. The average molecular weight is 511 g/mol. The Kier molecular flexibility index (Phi) is 9.01. The van der Waals surface area contributed by atoms with E-state index in [1.807, 2.05) is 0 Å². The number of amides is 2. The summed E-state index contributed by atoms with van der Waals surface area (Å²) in [6.45, 7) is -0.584. The van der Waals surface area contributed by atoms with Crippen molar-refractivity contribution >= 4 is 39.4 Å². The van der Waals surface area contributed by atoms with Crippen LogP contribution in [0.3, 0.4) is 0 Å². The molecule has 3 aromatic rings. The average Bonchev–Trinajstić information content (AvgIpc) is 2.87. The van der Waals surface area contributed by atoms with Gasteiger partial charge in [-0.3, -0.25) is 13.9 Å². The van der Waals surface area contributed by atoms with Crippen LogP contribution in [0.2, 0.25) is 0 Å². The molecule has 0 aliphatic rings. The number of methoxy groups -OCH3 is 1. The first kappa shape index (κ1) is 26.2. The van der Waals surface area contributed by atoms with Gasteiger partial charge in [0.25, 0.3) is 11.8 Å². The maximum Gasteiger partial charge on any atom is 0.262 e. The van der Waals surface area contributed by atoms with Crippen LogP contribution in [0.25, 0.3) is 0 Å². The Bertz CT molecular complexity index is 1290. The normalized spacial score (nSPS) is 11.1. The summed E-state index contributed by atoms with van der Waals surface area (Å²) in [7, 11) is -2.09. The third-order valence-electron chi connectivity index (χ3n) is 4.76. The van der Waals surface area contributed by atoms with Crippen LogP contribution in [-0.2, 0) is 19.6 Å². The van der Waals surface area contributed by atoms with Gasteiger partial charge in [0.2, 0.25) is 10.0 Å². The zero-order valence-electron chi connectivity index (χ0n) is 19.7. The number of ether oxygens (including phenoxy) is 2. The molecule has 3 aromatic carbocycles. The maximum atomic E-state index is 12.2. The van der Waals surface area contributed by atoms with Crippen molar-refractivity contribution in [1.82, 2.24) is 5.43 Å². The molecule has 0 spiro atoms. The third-order valence-corrected chi connectivity index (χ3v) is 5.90. The minimum absolute atomic E-state index is 0.173. The molecular weight excluding hydrogens is 484 g/mol. The molecule has 0 aromatic heterocycles. The van der Waals surface area contributed by atoms with E-state index in [0.717, 1.165) is 10.6 Å². The van der Waals surface area contributed by atoms with Crippen LogP contribution < -0.4 is 24.5 Å². The molecule has 0 heterocycles. The molecule has 2 amide bonds. The van der Waals surface area contributed by atoms with E-state index in [1.165, 1.54) is 6.21 Å². The highest BCUT2D eigenvalue weighted by Crippen LogP contribution is 2.17. The van der Waals surface area contributed by atoms with Gasteiger partial charge in [0.1, 0.15) is 18.0 Å². The number of rotatable bonds is 11. The van der Waals surface area contributed by atoms with Gasteiger partial charge in [0.05, 0.1) is 25.3 Å². The Hall–Kier alpha value is -4.38. The van der Waals surface area contributed by atoms with Gasteiger partial charge in [0, 0.05) is 5.69 Å². The lowest BCUT2D eigenvalue weighted by Gasteiger charge is -2.21. The summed E-state index contributed by atoms with van der Waals surface area (Å²) in [5.74, 6) is 0.263. The molecule has 3 rings (SSSR count). The fraction of sp³-hybridized carbons (Fsp3) is 0.160. The highest BCUT2D eigenvalue weighted by molar-refractivity contribution is 7.92. The monoisotopic (exact) mass is 510 g/mol. The number of nitrogens with zero attached hydrogens (tertiary/aromatic N) is 2. The highest BCUT2D eigenvalue weighted by Gasteiger charge is 2.20. The number of benzene rings is 3. The van der Waals surface area contributed by atoms with Gasteiger partial charge in [-0.25, -0.2) is 13.8 Å². The molecule has 0 aliphatic heterocycles. The van der Waals surface area contributed by atoms with E-state index in [1.54, 1.807) is 86.0 Å². The molecule has 36 heavy (non-hydrogen) atoms. The number of hydrazone groups is 1.